The highest BCUT2D eigenvalue weighted by Crippen LogP contribution is 2.24. The van der Waals surface area contributed by atoms with Gasteiger partial charge in [-0.3, -0.25) is 0 Å². The Balaban J connectivity index is 1.84. The van der Waals surface area contributed by atoms with Gasteiger partial charge in [-0.25, -0.2) is 5.32 Å². The highest BCUT2D eigenvalue weighted by Gasteiger charge is 2.09. The molecule has 1 radical (unpaired) electrons. The molecule has 1 rings (SSSR count). The van der Waals surface area contributed by atoms with Gasteiger partial charge >= 0.3 is 0 Å². The molecule has 0 aromatic carbocycles. The average Bonchev–Trinajstić information content (AvgIpc) is 2.38. The van der Waals surface area contributed by atoms with E-state index in [2.05, 4.69) is 24.4 Å². The van der Waals surface area contributed by atoms with Crippen molar-refractivity contribution in [2.75, 3.05) is 13.1 Å². The monoisotopic (exact) mass is 236 g/mol. The summed E-state index contributed by atoms with van der Waals surface area (Å²) >= 11 is 0. The summed E-state index contributed by atoms with van der Waals surface area (Å²) in [7, 11) is 0. The molecule has 1 aliphatic carbocycles. The van der Waals surface area contributed by atoms with Crippen LogP contribution < -0.4 is 5.32 Å². The van der Waals surface area contributed by atoms with Crippen LogP contribution in [0.2, 0.25) is 0 Å². The minimum absolute atomic E-state index is 0.864. The van der Waals surface area contributed by atoms with Crippen LogP contribution in [0, 0.1) is 5.92 Å². The van der Waals surface area contributed by atoms with E-state index in [0.29, 0.717) is 0 Å². The molecular formula is C16H30N. The Kier molecular flexibility index (Phi) is 9.40. The van der Waals surface area contributed by atoms with Crippen molar-refractivity contribution < 1.29 is 0 Å². The zero-order valence-electron chi connectivity index (χ0n) is 11.7. The van der Waals surface area contributed by atoms with Crippen LogP contribution in [0.4, 0.5) is 0 Å². The van der Waals surface area contributed by atoms with Gasteiger partial charge in [-0.2, -0.15) is 0 Å². The molecule has 0 N–H and O–H groups in total. The van der Waals surface area contributed by atoms with E-state index in [1.807, 2.05) is 0 Å². The molecule has 0 bridgehead atoms. The Labute approximate surface area is 108 Å². The third-order valence-corrected chi connectivity index (χ3v) is 3.71. The van der Waals surface area contributed by atoms with Gasteiger partial charge in [0.25, 0.3) is 0 Å². The van der Waals surface area contributed by atoms with Crippen LogP contribution in [0.3, 0.4) is 0 Å². The van der Waals surface area contributed by atoms with Crippen LogP contribution in [-0.4, -0.2) is 13.1 Å². The molecule has 0 amide bonds. The Hall–Kier alpha value is -0.300. The summed E-state index contributed by atoms with van der Waals surface area (Å²) in [5.41, 5.74) is 0. The minimum Gasteiger partial charge on any atom is -0.238 e. The Bertz CT molecular complexity index is 180. The second-order valence-corrected chi connectivity index (χ2v) is 5.37. The van der Waals surface area contributed by atoms with E-state index in [4.69, 9.17) is 0 Å². The maximum atomic E-state index is 4.57. The molecule has 1 heteroatoms. The first-order valence-electron chi connectivity index (χ1n) is 7.73. The van der Waals surface area contributed by atoms with Gasteiger partial charge in [-0.15, -0.1) is 0 Å². The first-order valence-corrected chi connectivity index (χ1v) is 7.73. The summed E-state index contributed by atoms with van der Waals surface area (Å²) in [4.78, 5) is 0. The van der Waals surface area contributed by atoms with E-state index in [0.717, 1.165) is 19.0 Å². The number of hydrogen-bond donors (Lipinski definition) is 0. The third kappa shape index (κ3) is 8.43. The number of hydrogen-bond acceptors (Lipinski definition) is 0. The van der Waals surface area contributed by atoms with Gasteiger partial charge in [0.2, 0.25) is 0 Å². The SMILES string of the molecule is CCCCCCC[N]CC=CC1CCCCC1. The van der Waals surface area contributed by atoms with Crippen molar-refractivity contribution >= 4 is 0 Å². The summed E-state index contributed by atoms with van der Waals surface area (Å²) in [6.45, 7) is 4.28. The second-order valence-electron chi connectivity index (χ2n) is 5.37. The lowest BCUT2D eigenvalue weighted by Gasteiger charge is -2.17. The average molecular weight is 236 g/mol. The lowest BCUT2D eigenvalue weighted by Crippen LogP contribution is -2.08. The molecule has 17 heavy (non-hydrogen) atoms. The fourth-order valence-corrected chi connectivity index (χ4v) is 2.57. The zero-order valence-corrected chi connectivity index (χ0v) is 11.7. The number of unbranched alkanes of at least 4 members (excludes halogenated alkanes) is 4. The maximum absolute atomic E-state index is 4.57. The van der Waals surface area contributed by atoms with Crippen molar-refractivity contribution in [1.29, 1.82) is 0 Å². The van der Waals surface area contributed by atoms with Crippen molar-refractivity contribution in [3.8, 4) is 0 Å². The molecular weight excluding hydrogens is 206 g/mol. The lowest BCUT2D eigenvalue weighted by molar-refractivity contribution is 0.418. The molecule has 0 aromatic rings. The first-order chi connectivity index (χ1) is 8.43. The predicted octanol–water partition coefficient (Wildman–Crippen LogP) is 4.70. The van der Waals surface area contributed by atoms with E-state index < -0.39 is 0 Å². The third-order valence-electron chi connectivity index (χ3n) is 3.71. The normalized spacial score (nSPS) is 17.9. The summed E-state index contributed by atoms with van der Waals surface area (Å²) in [5.74, 6) is 0.864. The number of nitrogens with zero attached hydrogens (tertiary/aromatic N) is 1. The number of allylic oxidation sites excluding steroid dienone is 1. The predicted molar refractivity (Wildman–Crippen MR) is 76.3 cm³/mol. The summed E-state index contributed by atoms with van der Waals surface area (Å²) < 4.78 is 0. The quantitative estimate of drug-likeness (QED) is 0.407. The van der Waals surface area contributed by atoms with Crippen LogP contribution in [-0.2, 0) is 0 Å². The molecule has 99 valence electrons. The Morgan fingerprint density at radius 1 is 1.00 bits per heavy atom. The van der Waals surface area contributed by atoms with E-state index in [1.165, 1.54) is 64.2 Å². The van der Waals surface area contributed by atoms with Gasteiger partial charge in [-0.05, 0) is 25.2 Å². The van der Waals surface area contributed by atoms with Crippen molar-refractivity contribution in [3.63, 3.8) is 0 Å². The summed E-state index contributed by atoms with van der Waals surface area (Å²) in [6.07, 6.45) is 18.6. The molecule has 0 heterocycles. The molecule has 1 nitrogen and oxygen atoms in total. The minimum atomic E-state index is 0.864. The Morgan fingerprint density at radius 3 is 2.53 bits per heavy atom. The van der Waals surface area contributed by atoms with Crippen LogP contribution in [0.1, 0.15) is 71.1 Å². The molecule has 1 saturated carbocycles. The smallest absolute Gasteiger partial charge is 0.0314 e. The summed E-state index contributed by atoms with van der Waals surface area (Å²) in [6, 6.07) is 0. The standard InChI is InChI=1S/C16H30N/c1-2-3-4-5-9-14-17-15-10-13-16-11-7-6-8-12-16/h10,13,16H,2-9,11-12,14-15H2,1H3. The van der Waals surface area contributed by atoms with Crippen molar-refractivity contribution in [2.24, 2.45) is 5.92 Å². The van der Waals surface area contributed by atoms with Crippen molar-refractivity contribution in [2.45, 2.75) is 71.1 Å². The number of rotatable bonds is 9. The molecule has 0 atom stereocenters. The Morgan fingerprint density at radius 2 is 1.76 bits per heavy atom. The van der Waals surface area contributed by atoms with E-state index in [-0.39, 0.29) is 0 Å². The van der Waals surface area contributed by atoms with Crippen LogP contribution in [0.25, 0.3) is 0 Å². The molecule has 0 aliphatic heterocycles. The first kappa shape index (κ1) is 14.8. The van der Waals surface area contributed by atoms with Crippen LogP contribution in [0.5, 0.6) is 0 Å². The molecule has 0 spiro atoms. The molecule has 1 aliphatic rings. The summed E-state index contributed by atoms with van der Waals surface area (Å²) in [5, 5.41) is 4.57. The van der Waals surface area contributed by atoms with Crippen LogP contribution in [0.15, 0.2) is 12.2 Å². The highest BCUT2D eigenvalue weighted by molar-refractivity contribution is 4.90. The van der Waals surface area contributed by atoms with Crippen LogP contribution >= 0.6 is 0 Å². The lowest BCUT2D eigenvalue weighted by atomic mass is 9.89. The fraction of sp³-hybridized carbons (Fsp3) is 0.875. The van der Waals surface area contributed by atoms with Gasteiger partial charge in [0.15, 0.2) is 0 Å². The molecule has 1 fully saturated rings. The zero-order chi connectivity index (χ0) is 12.2. The van der Waals surface area contributed by atoms with E-state index in [9.17, 15) is 0 Å². The van der Waals surface area contributed by atoms with E-state index in [1.54, 1.807) is 0 Å². The topological polar surface area (TPSA) is 14.1 Å². The molecule has 0 aromatic heterocycles. The van der Waals surface area contributed by atoms with Gasteiger partial charge in [-0.1, -0.05) is 64.0 Å². The van der Waals surface area contributed by atoms with Crippen molar-refractivity contribution in [3.05, 3.63) is 12.2 Å². The van der Waals surface area contributed by atoms with Gasteiger partial charge in [0, 0.05) is 13.1 Å². The van der Waals surface area contributed by atoms with Gasteiger partial charge in [0.1, 0.15) is 0 Å². The van der Waals surface area contributed by atoms with Gasteiger partial charge < -0.3 is 0 Å². The highest BCUT2D eigenvalue weighted by atomic mass is 14.8. The maximum Gasteiger partial charge on any atom is 0.0314 e. The largest absolute Gasteiger partial charge is 0.238 e. The second kappa shape index (κ2) is 10.8. The van der Waals surface area contributed by atoms with E-state index >= 15 is 0 Å². The van der Waals surface area contributed by atoms with Gasteiger partial charge in [0.05, 0.1) is 0 Å². The molecule has 0 unspecified atom stereocenters. The molecule has 0 saturated heterocycles. The van der Waals surface area contributed by atoms with Crippen molar-refractivity contribution in [1.82, 2.24) is 5.32 Å². The fourth-order valence-electron chi connectivity index (χ4n) is 2.57.